The molecule has 0 bridgehead atoms. The van der Waals surface area contributed by atoms with Crippen molar-refractivity contribution in [3.8, 4) is 23.7 Å². The van der Waals surface area contributed by atoms with E-state index in [0.29, 0.717) is 29.5 Å². The van der Waals surface area contributed by atoms with Crippen LogP contribution in [0.1, 0.15) is 59.2 Å². The van der Waals surface area contributed by atoms with Gasteiger partial charge in [0.2, 0.25) is 0 Å². The average molecular weight is 320 g/mol. The van der Waals surface area contributed by atoms with Gasteiger partial charge >= 0.3 is 0 Å². The van der Waals surface area contributed by atoms with Gasteiger partial charge < -0.3 is 5.11 Å². The number of Topliss-reactive ketones (excluding diaryl/α,β-unsaturated/α-hetero) is 1. The lowest BCUT2D eigenvalue weighted by atomic mass is 9.87. The Kier molecular flexibility index (Phi) is 7.02. The minimum atomic E-state index is -0.0901. The molecule has 3 nitrogen and oxygen atoms in total. The van der Waals surface area contributed by atoms with Crippen molar-refractivity contribution < 1.29 is 14.7 Å². The average Bonchev–Trinajstić information content (AvgIpc) is 2.60. The van der Waals surface area contributed by atoms with E-state index in [1.54, 1.807) is 24.3 Å². The minimum Gasteiger partial charge on any atom is -0.384 e. The Balaban J connectivity index is 1.76. The molecule has 1 aromatic rings. The van der Waals surface area contributed by atoms with Crippen LogP contribution in [0.3, 0.4) is 0 Å². The number of hydrogen-bond donors (Lipinski definition) is 1. The number of allylic oxidation sites excluding steroid dienone is 2. The zero-order valence-electron chi connectivity index (χ0n) is 13.6. The summed E-state index contributed by atoms with van der Waals surface area (Å²) in [4.78, 5) is 24.4. The summed E-state index contributed by atoms with van der Waals surface area (Å²) in [6.45, 7) is -0.0901. The summed E-state index contributed by atoms with van der Waals surface area (Å²) in [6.07, 6.45) is 5.96. The molecular weight excluding hydrogens is 300 g/mol. The van der Waals surface area contributed by atoms with E-state index in [1.807, 2.05) is 0 Å². The number of aliphatic hydroxyl groups is 1. The summed E-state index contributed by atoms with van der Waals surface area (Å²) < 4.78 is 0. The topological polar surface area (TPSA) is 54.4 Å². The van der Waals surface area contributed by atoms with Crippen molar-refractivity contribution in [2.75, 3.05) is 6.61 Å². The van der Waals surface area contributed by atoms with Crippen LogP contribution < -0.4 is 0 Å². The molecule has 3 heteroatoms. The number of fused-ring (bicyclic) bond motifs is 1. The number of carbonyl (C=O) groups is 2. The zero-order valence-corrected chi connectivity index (χ0v) is 13.6. The number of hydrogen-bond acceptors (Lipinski definition) is 3. The molecule has 0 spiro atoms. The molecule has 0 aromatic heterocycles. The summed E-state index contributed by atoms with van der Waals surface area (Å²) in [6, 6.07) is 6.96. The van der Waals surface area contributed by atoms with Crippen molar-refractivity contribution in [1.82, 2.24) is 0 Å². The molecule has 1 aliphatic carbocycles. The highest BCUT2D eigenvalue weighted by Crippen LogP contribution is 2.23. The Morgan fingerprint density at radius 2 is 1.46 bits per heavy atom. The molecule has 0 saturated heterocycles. The molecule has 0 saturated carbocycles. The van der Waals surface area contributed by atoms with Gasteiger partial charge in [-0.1, -0.05) is 30.2 Å². The number of aliphatic hydroxyl groups excluding tert-OH is 1. The number of unbranched alkanes of at least 4 members (excludes halogenated alkanes) is 3. The molecule has 0 fully saturated rings. The largest absolute Gasteiger partial charge is 0.384 e. The molecule has 0 aliphatic heterocycles. The molecule has 1 N–H and O–H groups in total. The quantitative estimate of drug-likeness (QED) is 0.669. The Morgan fingerprint density at radius 1 is 0.833 bits per heavy atom. The second-order valence-corrected chi connectivity index (χ2v) is 5.48. The van der Waals surface area contributed by atoms with E-state index in [2.05, 4.69) is 23.7 Å². The predicted molar refractivity (Wildman–Crippen MR) is 93.5 cm³/mol. The highest BCUT2D eigenvalue weighted by molar-refractivity contribution is 6.24. The normalized spacial score (nSPS) is 12.5. The van der Waals surface area contributed by atoms with E-state index in [4.69, 9.17) is 5.11 Å². The highest BCUT2D eigenvalue weighted by atomic mass is 16.2. The first-order chi connectivity index (χ1) is 11.7. The van der Waals surface area contributed by atoms with Gasteiger partial charge in [0.25, 0.3) is 0 Å². The number of benzene rings is 1. The molecule has 1 aromatic carbocycles. The lowest BCUT2D eigenvalue weighted by Gasteiger charge is -2.14. The van der Waals surface area contributed by atoms with Gasteiger partial charge in [-0.3, -0.25) is 9.59 Å². The summed E-state index contributed by atoms with van der Waals surface area (Å²) in [5.41, 5.74) is 1.59. The van der Waals surface area contributed by atoms with E-state index >= 15 is 0 Å². The first-order valence-electron chi connectivity index (χ1n) is 8.15. The third-order valence-electron chi connectivity index (χ3n) is 3.71. The van der Waals surface area contributed by atoms with Crippen LogP contribution in [0.15, 0.2) is 35.9 Å². The van der Waals surface area contributed by atoms with Crippen molar-refractivity contribution in [3.63, 3.8) is 0 Å². The van der Waals surface area contributed by atoms with Gasteiger partial charge in [-0.25, -0.2) is 0 Å². The van der Waals surface area contributed by atoms with Crippen molar-refractivity contribution >= 4 is 11.6 Å². The van der Waals surface area contributed by atoms with E-state index in [-0.39, 0.29) is 18.2 Å². The summed E-state index contributed by atoms with van der Waals surface area (Å²) in [5.74, 6) is 11.5. The van der Waals surface area contributed by atoms with Crippen molar-refractivity contribution in [2.24, 2.45) is 0 Å². The monoisotopic (exact) mass is 320 g/mol. The molecule has 0 radical (unpaired) electrons. The smallest absolute Gasteiger partial charge is 0.189 e. The molecule has 0 atom stereocenters. The molecular formula is C21H20O3. The minimum absolute atomic E-state index is 0.0411. The maximum Gasteiger partial charge on any atom is 0.189 e. The number of carbonyl (C=O) groups excluding carboxylic acids is 2. The second kappa shape index (κ2) is 9.50. The fourth-order valence-corrected chi connectivity index (χ4v) is 2.51. The van der Waals surface area contributed by atoms with Crippen LogP contribution in [0.25, 0.3) is 0 Å². The fourth-order valence-electron chi connectivity index (χ4n) is 2.51. The maximum atomic E-state index is 12.4. The van der Waals surface area contributed by atoms with Crippen LogP contribution >= 0.6 is 0 Å². The van der Waals surface area contributed by atoms with Gasteiger partial charge in [-0.2, -0.15) is 0 Å². The van der Waals surface area contributed by atoms with Crippen molar-refractivity contribution in [1.29, 1.82) is 0 Å². The Labute approximate surface area is 142 Å². The summed E-state index contributed by atoms with van der Waals surface area (Å²) >= 11 is 0. The summed E-state index contributed by atoms with van der Waals surface area (Å²) in [5, 5.41) is 8.51. The summed E-state index contributed by atoms with van der Waals surface area (Å²) in [7, 11) is 0. The van der Waals surface area contributed by atoms with Gasteiger partial charge in [-0.15, -0.1) is 17.8 Å². The van der Waals surface area contributed by atoms with E-state index in [0.717, 1.165) is 25.7 Å². The van der Waals surface area contributed by atoms with Crippen LogP contribution in [-0.4, -0.2) is 23.3 Å². The van der Waals surface area contributed by atoms with Gasteiger partial charge in [0.1, 0.15) is 6.61 Å². The first kappa shape index (κ1) is 17.7. The number of rotatable bonds is 5. The van der Waals surface area contributed by atoms with Crippen LogP contribution in [0, 0.1) is 23.7 Å². The van der Waals surface area contributed by atoms with Gasteiger partial charge in [0.05, 0.1) is 0 Å². The molecule has 0 unspecified atom stereocenters. The third-order valence-corrected chi connectivity index (χ3v) is 3.71. The second-order valence-electron chi connectivity index (χ2n) is 5.48. The molecule has 2 rings (SSSR count). The van der Waals surface area contributed by atoms with E-state index in [9.17, 15) is 9.59 Å². The fraction of sp³-hybridized carbons (Fsp3) is 0.333. The van der Waals surface area contributed by atoms with Crippen LogP contribution in [0.2, 0.25) is 0 Å². The van der Waals surface area contributed by atoms with Gasteiger partial charge in [0, 0.05) is 36.0 Å². The SMILES string of the molecule is O=C1C=C(CCCC#CCCCC#CCO)C(=O)c2ccccc21. The standard InChI is InChI=1S/C21H20O3/c22-15-11-7-5-3-1-2-4-6-8-12-17-16-20(23)18-13-9-10-14-19(18)21(17)24/h9-10,13-14,16,22H,1,3,5-6,8,12,15H2. The van der Waals surface area contributed by atoms with Crippen LogP contribution in [0.4, 0.5) is 0 Å². The van der Waals surface area contributed by atoms with E-state index < -0.39 is 0 Å². The number of ketones is 2. The molecule has 1 aliphatic rings. The predicted octanol–water partition coefficient (Wildman–Crippen LogP) is 3.33. The molecule has 0 amide bonds. The Hall–Kier alpha value is -2.62. The first-order valence-corrected chi connectivity index (χ1v) is 8.15. The molecule has 0 heterocycles. The maximum absolute atomic E-state index is 12.4. The Bertz CT molecular complexity index is 763. The van der Waals surface area contributed by atoms with Crippen LogP contribution in [-0.2, 0) is 0 Å². The Morgan fingerprint density at radius 3 is 2.17 bits per heavy atom. The van der Waals surface area contributed by atoms with Crippen molar-refractivity contribution in [3.05, 3.63) is 47.0 Å². The van der Waals surface area contributed by atoms with E-state index in [1.165, 1.54) is 6.08 Å². The lowest BCUT2D eigenvalue weighted by Crippen LogP contribution is -2.16. The lowest BCUT2D eigenvalue weighted by molar-refractivity contribution is 0.0981. The molecule has 122 valence electrons. The molecule has 24 heavy (non-hydrogen) atoms. The zero-order chi connectivity index (χ0) is 17.2. The van der Waals surface area contributed by atoms with Gasteiger partial charge in [-0.05, 0) is 25.3 Å². The third kappa shape index (κ3) is 4.95. The van der Waals surface area contributed by atoms with Crippen LogP contribution in [0.5, 0.6) is 0 Å². The van der Waals surface area contributed by atoms with Gasteiger partial charge in [0.15, 0.2) is 11.6 Å². The van der Waals surface area contributed by atoms with Crippen molar-refractivity contribution in [2.45, 2.75) is 38.5 Å². The highest BCUT2D eigenvalue weighted by Gasteiger charge is 2.24.